The van der Waals surface area contributed by atoms with E-state index in [2.05, 4.69) is 28.1 Å². The van der Waals surface area contributed by atoms with E-state index in [0.717, 1.165) is 32.4 Å². The fourth-order valence-corrected chi connectivity index (χ4v) is 4.82. The molecule has 0 radical (unpaired) electrons. The van der Waals surface area contributed by atoms with Gasteiger partial charge < -0.3 is 25.6 Å². The van der Waals surface area contributed by atoms with Gasteiger partial charge in [-0.3, -0.25) is 4.79 Å². The summed E-state index contributed by atoms with van der Waals surface area (Å²) in [7, 11) is 0. The molecule has 0 aliphatic carbocycles. The molecule has 3 aliphatic rings. The number of rotatable bonds is 3. The van der Waals surface area contributed by atoms with Crippen molar-refractivity contribution in [3.05, 3.63) is 65.2 Å². The number of hydrogen-bond donors (Lipinski definition) is 3. The molecule has 5 rings (SSSR count). The summed E-state index contributed by atoms with van der Waals surface area (Å²) in [5.74, 6) is -0.104. The van der Waals surface area contributed by atoms with Crippen LogP contribution in [0.1, 0.15) is 40.7 Å². The Hall–Kier alpha value is -2.90. The van der Waals surface area contributed by atoms with Crippen molar-refractivity contribution in [2.75, 3.05) is 25.0 Å². The largest absolute Gasteiger partial charge is 0.373 e. The summed E-state index contributed by atoms with van der Waals surface area (Å²) < 4.78 is 6.06. The van der Waals surface area contributed by atoms with Crippen LogP contribution >= 0.6 is 0 Å². The lowest BCUT2D eigenvalue weighted by molar-refractivity contribution is -0.0194. The lowest BCUT2D eigenvalue weighted by Crippen LogP contribution is -2.43. The summed E-state index contributed by atoms with van der Waals surface area (Å²) in [6.07, 6.45) is 2.86. The summed E-state index contributed by atoms with van der Waals surface area (Å²) in [6.45, 7) is 3.74. The first kappa shape index (κ1) is 20.0. The SMILES string of the molecule is O=C(NC1COC2(CCNCC2)C1)c1ccc(NC(=O)N2Cc3ccccc3C2)cc1. The Morgan fingerprint density at radius 2 is 1.68 bits per heavy atom. The lowest BCUT2D eigenvalue weighted by atomic mass is 9.88. The van der Waals surface area contributed by atoms with Crippen LogP contribution in [0, 0.1) is 0 Å². The second kappa shape index (κ2) is 8.32. The van der Waals surface area contributed by atoms with Gasteiger partial charge >= 0.3 is 6.03 Å². The van der Waals surface area contributed by atoms with Gasteiger partial charge in [-0.2, -0.15) is 0 Å². The zero-order valence-corrected chi connectivity index (χ0v) is 17.5. The standard InChI is InChI=1S/C24H28N4O3/c29-22(26-21-13-24(31-16-21)9-11-25-12-10-24)17-5-7-20(8-6-17)27-23(30)28-14-18-3-1-2-4-19(18)15-28/h1-8,21,25H,9-16H2,(H,26,29)(H,27,30). The van der Waals surface area contributed by atoms with Gasteiger partial charge in [0, 0.05) is 24.3 Å². The van der Waals surface area contributed by atoms with E-state index in [9.17, 15) is 9.59 Å². The number of piperidine rings is 1. The van der Waals surface area contributed by atoms with E-state index >= 15 is 0 Å². The number of urea groups is 1. The number of nitrogens with zero attached hydrogens (tertiary/aromatic N) is 1. The Kier molecular flexibility index (Phi) is 5.38. The predicted octanol–water partition coefficient (Wildman–Crippen LogP) is 2.88. The molecule has 3 amide bonds. The summed E-state index contributed by atoms with van der Waals surface area (Å²) >= 11 is 0. The molecule has 3 aliphatic heterocycles. The highest BCUT2D eigenvalue weighted by molar-refractivity contribution is 5.95. The molecule has 7 nitrogen and oxygen atoms in total. The molecule has 162 valence electrons. The quantitative estimate of drug-likeness (QED) is 0.713. The topological polar surface area (TPSA) is 82.7 Å². The molecular weight excluding hydrogens is 392 g/mol. The molecule has 2 saturated heterocycles. The van der Waals surface area contributed by atoms with Crippen molar-refractivity contribution in [1.82, 2.24) is 15.5 Å². The number of nitrogens with one attached hydrogen (secondary N) is 3. The minimum atomic E-state index is -0.135. The third-order valence-corrected chi connectivity index (χ3v) is 6.59. The van der Waals surface area contributed by atoms with E-state index in [1.807, 2.05) is 12.1 Å². The third-order valence-electron chi connectivity index (χ3n) is 6.59. The van der Waals surface area contributed by atoms with Gasteiger partial charge in [-0.15, -0.1) is 0 Å². The molecule has 1 spiro atoms. The highest BCUT2D eigenvalue weighted by Gasteiger charge is 2.41. The fourth-order valence-electron chi connectivity index (χ4n) is 4.82. The second-order valence-corrected chi connectivity index (χ2v) is 8.75. The molecule has 3 heterocycles. The number of amides is 3. The van der Waals surface area contributed by atoms with Crippen LogP contribution in [0.5, 0.6) is 0 Å². The molecule has 2 fully saturated rings. The second-order valence-electron chi connectivity index (χ2n) is 8.75. The first-order valence-corrected chi connectivity index (χ1v) is 11.0. The third kappa shape index (κ3) is 4.29. The molecule has 1 atom stereocenters. The normalized spacial score (nSPS) is 21.7. The smallest absolute Gasteiger partial charge is 0.322 e. The molecule has 31 heavy (non-hydrogen) atoms. The Bertz CT molecular complexity index is 944. The van der Waals surface area contributed by atoms with E-state index in [-0.39, 0.29) is 23.6 Å². The van der Waals surface area contributed by atoms with E-state index in [1.54, 1.807) is 29.2 Å². The number of anilines is 1. The van der Waals surface area contributed by atoms with Gasteiger partial charge in [-0.25, -0.2) is 4.79 Å². The van der Waals surface area contributed by atoms with Gasteiger partial charge in [0.1, 0.15) is 0 Å². The van der Waals surface area contributed by atoms with Crippen molar-refractivity contribution in [2.24, 2.45) is 0 Å². The number of carbonyl (C=O) groups is 2. The van der Waals surface area contributed by atoms with Crippen molar-refractivity contribution >= 4 is 17.6 Å². The molecule has 0 bridgehead atoms. The van der Waals surface area contributed by atoms with Crippen LogP contribution in [-0.4, -0.2) is 48.2 Å². The van der Waals surface area contributed by atoms with Crippen LogP contribution in [0.15, 0.2) is 48.5 Å². The van der Waals surface area contributed by atoms with Gasteiger partial charge in [0.15, 0.2) is 0 Å². The molecule has 0 aromatic heterocycles. The molecule has 2 aromatic rings. The number of ether oxygens (including phenoxy) is 1. The molecular formula is C24H28N4O3. The molecule has 1 unspecified atom stereocenters. The average molecular weight is 421 g/mol. The maximum Gasteiger partial charge on any atom is 0.322 e. The fraction of sp³-hybridized carbons (Fsp3) is 0.417. The maximum atomic E-state index is 12.7. The molecule has 2 aromatic carbocycles. The van der Waals surface area contributed by atoms with E-state index < -0.39 is 0 Å². The predicted molar refractivity (Wildman–Crippen MR) is 118 cm³/mol. The Labute approximate surface area is 182 Å². The van der Waals surface area contributed by atoms with Crippen LogP contribution in [0.4, 0.5) is 10.5 Å². The minimum Gasteiger partial charge on any atom is -0.373 e. The minimum absolute atomic E-state index is 0.0433. The zero-order valence-electron chi connectivity index (χ0n) is 17.5. The number of carbonyl (C=O) groups excluding carboxylic acids is 2. The first-order chi connectivity index (χ1) is 15.1. The summed E-state index contributed by atoms with van der Waals surface area (Å²) in [5, 5.41) is 9.39. The Balaban J connectivity index is 1.14. The van der Waals surface area contributed by atoms with Crippen molar-refractivity contribution in [1.29, 1.82) is 0 Å². The number of benzene rings is 2. The van der Waals surface area contributed by atoms with Crippen LogP contribution in [-0.2, 0) is 17.8 Å². The van der Waals surface area contributed by atoms with Crippen LogP contribution in [0.2, 0.25) is 0 Å². The Morgan fingerprint density at radius 3 is 2.35 bits per heavy atom. The first-order valence-electron chi connectivity index (χ1n) is 11.0. The van der Waals surface area contributed by atoms with Crippen molar-refractivity contribution in [3.8, 4) is 0 Å². The summed E-state index contributed by atoms with van der Waals surface area (Å²) in [6, 6.07) is 15.0. The zero-order chi connectivity index (χ0) is 21.3. The Morgan fingerprint density at radius 1 is 1.00 bits per heavy atom. The molecule has 0 saturated carbocycles. The van der Waals surface area contributed by atoms with E-state index in [0.29, 0.717) is 30.9 Å². The summed E-state index contributed by atoms with van der Waals surface area (Å²) in [4.78, 5) is 27.0. The van der Waals surface area contributed by atoms with Gasteiger partial charge in [-0.05, 0) is 67.7 Å². The highest BCUT2D eigenvalue weighted by Crippen LogP contribution is 2.34. The molecule has 3 N–H and O–H groups in total. The molecule has 7 heteroatoms. The lowest BCUT2D eigenvalue weighted by Gasteiger charge is -2.32. The van der Waals surface area contributed by atoms with Crippen molar-refractivity contribution < 1.29 is 14.3 Å². The monoisotopic (exact) mass is 420 g/mol. The van der Waals surface area contributed by atoms with Gasteiger partial charge in [-0.1, -0.05) is 24.3 Å². The number of hydrogen-bond acceptors (Lipinski definition) is 4. The van der Waals surface area contributed by atoms with E-state index in [4.69, 9.17) is 4.74 Å². The van der Waals surface area contributed by atoms with Gasteiger partial charge in [0.2, 0.25) is 0 Å². The number of fused-ring (bicyclic) bond motifs is 1. The van der Waals surface area contributed by atoms with Crippen LogP contribution in [0.25, 0.3) is 0 Å². The maximum absolute atomic E-state index is 12.7. The van der Waals surface area contributed by atoms with E-state index in [1.165, 1.54) is 11.1 Å². The van der Waals surface area contributed by atoms with Crippen LogP contribution in [0.3, 0.4) is 0 Å². The van der Waals surface area contributed by atoms with Crippen LogP contribution < -0.4 is 16.0 Å². The highest BCUT2D eigenvalue weighted by atomic mass is 16.5. The summed E-state index contributed by atoms with van der Waals surface area (Å²) in [5.41, 5.74) is 3.55. The van der Waals surface area contributed by atoms with Gasteiger partial charge in [0.05, 0.1) is 18.2 Å². The average Bonchev–Trinajstić information content (AvgIpc) is 3.39. The van der Waals surface area contributed by atoms with Crippen molar-refractivity contribution in [2.45, 2.75) is 44.0 Å². The van der Waals surface area contributed by atoms with Crippen molar-refractivity contribution in [3.63, 3.8) is 0 Å². The van der Waals surface area contributed by atoms with Gasteiger partial charge in [0.25, 0.3) is 5.91 Å².